The number of aromatic nitrogens is 2. The summed E-state index contributed by atoms with van der Waals surface area (Å²) in [6.07, 6.45) is 1.68. The third-order valence-electron chi connectivity index (χ3n) is 4.01. The van der Waals surface area contributed by atoms with E-state index in [1.165, 1.54) is 10.4 Å². The minimum atomic E-state index is 0. The molecule has 8 heteroatoms. The van der Waals surface area contributed by atoms with Crippen LogP contribution < -0.4 is 10.6 Å². The Balaban J connectivity index is 0.00000280. The first kappa shape index (κ1) is 22.4. The van der Waals surface area contributed by atoms with Gasteiger partial charge in [-0.1, -0.05) is 30.3 Å². The second-order valence-electron chi connectivity index (χ2n) is 6.02. The zero-order valence-electron chi connectivity index (χ0n) is 16.1. The Kier molecular flexibility index (Phi) is 9.42. The molecule has 0 atom stereocenters. The van der Waals surface area contributed by atoms with Gasteiger partial charge in [0, 0.05) is 30.0 Å². The predicted octanol–water partition coefficient (Wildman–Crippen LogP) is 4.28. The molecule has 150 valence electrons. The van der Waals surface area contributed by atoms with Crippen LogP contribution in [0.15, 0.2) is 51.3 Å². The Morgan fingerprint density at radius 3 is 2.61 bits per heavy atom. The summed E-state index contributed by atoms with van der Waals surface area (Å²) in [6, 6.07) is 12.4. The van der Waals surface area contributed by atoms with Crippen molar-refractivity contribution in [2.75, 3.05) is 13.1 Å². The summed E-state index contributed by atoms with van der Waals surface area (Å²) in [7, 11) is 0. The molecule has 0 aliphatic carbocycles. The molecule has 6 nitrogen and oxygen atoms in total. The molecule has 0 aliphatic rings. The fraction of sp³-hybridized carbons (Fsp3) is 0.350. The number of thiophene rings is 1. The first-order valence-electron chi connectivity index (χ1n) is 9.25. The Hall–Kier alpha value is -1.94. The third kappa shape index (κ3) is 6.59. The van der Waals surface area contributed by atoms with E-state index in [0.717, 1.165) is 43.3 Å². The van der Waals surface area contributed by atoms with E-state index in [1.54, 1.807) is 11.3 Å². The molecule has 3 aromatic rings. The van der Waals surface area contributed by atoms with Gasteiger partial charge in [0.2, 0.25) is 0 Å². The smallest absolute Gasteiger partial charge is 0.257 e. The van der Waals surface area contributed by atoms with Crippen molar-refractivity contribution in [1.82, 2.24) is 20.8 Å². The maximum Gasteiger partial charge on any atom is 0.257 e. The van der Waals surface area contributed by atoms with Gasteiger partial charge in [0.1, 0.15) is 0 Å². The summed E-state index contributed by atoms with van der Waals surface area (Å²) in [4.78, 5) is 10.3. The first-order valence-corrected chi connectivity index (χ1v) is 10.1. The fourth-order valence-corrected chi connectivity index (χ4v) is 3.18. The molecular formula is C20H26IN5OS. The van der Waals surface area contributed by atoms with Crippen LogP contribution in [0.2, 0.25) is 0 Å². The fourth-order valence-electron chi connectivity index (χ4n) is 2.56. The van der Waals surface area contributed by atoms with Crippen molar-refractivity contribution in [3.05, 3.63) is 58.0 Å². The molecule has 0 amide bonds. The number of rotatable bonds is 8. The topological polar surface area (TPSA) is 75.3 Å². The highest BCUT2D eigenvalue weighted by Crippen LogP contribution is 2.18. The summed E-state index contributed by atoms with van der Waals surface area (Å²) >= 11 is 1.73. The third-order valence-corrected chi connectivity index (χ3v) is 4.87. The van der Waals surface area contributed by atoms with Gasteiger partial charge >= 0.3 is 0 Å². The van der Waals surface area contributed by atoms with Crippen LogP contribution in [-0.2, 0) is 19.4 Å². The van der Waals surface area contributed by atoms with Crippen molar-refractivity contribution < 1.29 is 4.52 Å². The van der Waals surface area contributed by atoms with Gasteiger partial charge in [-0.3, -0.25) is 0 Å². The molecule has 0 aliphatic heterocycles. The van der Waals surface area contributed by atoms with Crippen molar-refractivity contribution >= 4 is 41.3 Å². The normalized spacial score (nSPS) is 11.1. The van der Waals surface area contributed by atoms with Gasteiger partial charge in [-0.25, -0.2) is 4.99 Å². The number of guanidine groups is 1. The van der Waals surface area contributed by atoms with Gasteiger partial charge in [-0.15, -0.1) is 35.3 Å². The van der Waals surface area contributed by atoms with Gasteiger partial charge in [0.25, 0.3) is 5.89 Å². The summed E-state index contributed by atoms with van der Waals surface area (Å²) in [5.74, 6) is 2.16. The Labute approximate surface area is 186 Å². The van der Waals surface area contributed by atoms with E-state index < -0.39 is 0 Å². The molecule has 3 rings (SSSR count). The number of aliphatic imine (C=N–C) groups is 1. The lowest BCUT2D eigenvalue weighted by Gasteiger charge is -2.11. The Morgan fingerprint density at radius 2 is 1.96 bits per heavy atom. The standard InChI is InChI=1S/C20H25N5OS.HI/c1-3-18-24-19(26-25-18)16-9-7-15(8-10-16)11-12-22-20(21-4-2)23-14-17-6-5-13-27-17;/h5-10,13H,3-4,11-12,14H2,1-2H3,(H2,21,22,23);1H. The second kappa shape index (κ2) is 11.8. The molecule has 2 aromatic heterocycles. The monoisotopic (exact) mass is 511 g/mol. The SMILES string of the molecule is CCNC(=NCc1cccs1)NCCc1ccc(-c2nc(CC)no2)cc1.I. The van der Waals surface area contributed by atoms with Crippen molar-refractivity contribution in [3.8, 4) is 11.5 Å². The average molecular weight is 511 g/mol. The van der Waals surface area contributed by atoms with E-state index in [4.69, 9.17) is 4.52 Å². The Bertz CT molecular complexity index is 846. The van der Waals surface area contributed by atoms with Crippen molar-refractivity contribution in [2.24, 2.45) is 4.99 Å². The minimum Gasteiger partial charge on any atom is -0.357 e. The van der Waals surface area contributed by atoms with Gasteiger partial charge in [0.15, 0.2) is 11.8 Å². The maximum atomic E-state index is 5.28. The molecule has 0 unspecified atom stereocenters. The van der Waals surface area contributed by atoms with Crippen LogP contribution >= 0.6 is 35.3 Å². The van der Waals surface area contributed by atoms with Crippen LogP contribution in [0.1, 0.15) is 30.1 Å². The molecule has 2 heterocycles. The summed E-state index contributed by atoms with van der Waals surface area (Å²) in [5.41, 5.74) is 2.19. The second-order valence-corrected chi connectivity index (χ2v) is 7.05. The molecule has 0 saturated carbocycles. The Morgan fingerprint density at radius 1 is 1.14 bits per heavy atom. The number of nitrogens with zero attached hydrogens (tertiary/aromatic N) is 3. The highest BCUT2D eigenvalue weighted by molar-refractivity contribution is 14.0. The quantitative estimate of drug-likeness (QED) is 0.268. The molecule has 2 N–H and O–H groups in total. The maximum absolute atomic E-state index is 5.28. The van der Waals surface area contributed by atoms with Crippen molar-refractivity contribution in [1.29, 1.82) is 0 Å². The molecule has 1 aromatic carbocycles. The van der Waals surface area contributed by atoms with Gasteiger partial charge in [-0.2, -0.15) is 4.98 Å². The van der Waals surface area contributed by atoms with E-state index in [1.807, 2.05) is 19.1 Å². The number of aryl methyl sites for hydroxylation is 1. The van der Waals surface area contributed by atoms with E-state index in [0.29, 0.717) is 12.4 Å². The highest BCUT2D eigenvalue weighted by Gasteiger charge is 2.07. The van der Waals surface area contributed by atoms with Crippen molar-refractivity contribution in [2.45, 2.75) is 33.2 Å². The van der Waals surface area contributed by atoms with Crippen LogP contribution in [0.4, 0.5) is 0 Å². The van der Waals surface area contributed by atoms with Crippen molar-refractivity contribution in [3.63, 3.8) is 0 Å². The highest BCUT2D eigenvalue weighted by atomic mass is 127. The first-order chi connectivity index (χ1) is 13.3. The molecule has 0 radical (unpaired) electrons. The lowest BCUT2D eigenvalue weighted by Crippen LogP contribution is -2.38. The van der Waals surface area contributed by atoms with E-state index >= 15 is 0 Å². The molecule has 28 heavy (non-hydrogen) atoms. The van der Waals surface area contributed by atoms with E-state index in [2.05, 4.69) is 62.3 Å². The van der Waals surface area contributed by atoms with E-state index in [-0.39, 0.29) is 24.0 Å². The molecule has 0 fully saturated rings. The molecule has 0 bridgehead atoms. The number of benzene rings is 1. The largest absolute Gasteiger partial charge is 0.357 e. The number of hydrogen-bond donors (Lipinski definition) is 2. The lowest BCUT2D eigenvalue weighted by molar-refractivity contribution is 0.423. The zero-order valence-corrected chi connectivity index (χ0v) is 19.3. The summed E-state index contributed by atoms with van der Waals surface area (Å²) < 4.78 is 5.28. The van der Waals surface area contributed by atoms with Crippen LogP contribution in [0, 0.1) is 0 Å². The molecule has 0 saturated heterocycles. The van der Waals surface area contributed by atoms with Crippen LogP contribution in [-0.4, -0.2) is 29.2 Å². The van der Waals surface area contributed by atoms with Crippen LogP contribution in [0.5, 0.6) is 0 Å². The average Bonchev–Trinajstić information content (AvgIpc) is 3.38. The zero-order chi connectivity index (χ0) is 18.9. The number of halogens is 1. The minimum absolute atomic E-state index is 0. The molecule has 0 spiro atoms. The molecular weight excluding hydrogens is 485 g/mol. The number of hydrogen-bond acceptors (Lipinski definition) is 5. The lowest BCUT2D eigenvalue weighted by atomic mass is 10.1. The predicted molar refractivity (Wildman–Crippen MR) is 125 cm³/mol. The van der Waals surface area contributed by atoms with E-state index in [9.17, 15) is 0 Å². The summed E-state index contributed by atoms with van der Waals surface area (Å²) in [6.45, 7) is 6.44. The number of nitrogens with one attached hydrogen (secondary N) is 2. The summed E-state index contributed by atoms with van der Waals surface area (Å²) in [5, 5.41) is 12.7. The van der Waals surface area contributed by atoms with Gasteiger partial charge in [-0.05, 0) is 42.5 Å². The van der Waals surface area contributed by atoms with Gasteiger partial charge in [0.05, 0.1) is 6.54 Å². The van der Waals surface area contributed by atoms with Crippen LogP contribution in [0.3, 0.4) is 0 Å². The van der Waals surface area contributed by atoms with Gasteiger partial charge < -0.3 is 15.2 Å². The van der Waals surface area contributed by atoms with Crippen LogP contribution in [0.25, 0.3) is 11.5 Å².